The van der Waals surface area contributed by atoms with Gasteiger partial charge in [0.2, 0.25) is 0 Å². The van der Waals surface area contributed by atoms with Gasteiger partial charge in [-0.15, -0.1) is 11.3 Å². The van der Waals surface area contributed by atoms with Gasteiger partial charge < -0.3 is 4.90 Å². The SMILES string of the molecule is O=C(c1ccc(NS(=O)(=O)c2ccc(F)c(F)c2)cc1)N1CCC[C@H]1c1nc2ccccc2s1. The number of halogens is 2. The Labute approximate surface area is 198 Å². The number of benzene rings is 3. The van der Waals surface area contributed by atoms with Crippen LogP contribution in [0.5, 0.6) is 0 Å². The quantitative estimate of drug-likeness (QED) is 0.401. The van der Waals surface area contributed by atoms with Crippen LogP contribution in [-0.2, 0) is 10.0 Å². The van der Waals surface area contributed by atoms with Crippen molar-refractivity contribution < 1.29 is 22.0 Å². The highest BCUT2D eigenvalue weighted by molar-refractivity contribution is 7.92. The summed E-state index contributed by atoms with van der Waals surface area (Å²) in [7, 11) is -4.12. The number of para-hydroxylation sites is 1. The molecule has 1 aromatic heterocycles. The second-order valence-electron chi connectivity index (χ2n) is 7.94. The number of thiazole rings is 1. The molecule has 10 heteroatoms. The molecule has 0 saturated carbocycles. The number of rotatable bonds is 5. The molecule has 1 atom stereocenters. The summed E-state index contributed by atoms with van der Waals surface area (Å²) in [5.74, 6) is -2.54. The molecule has 174 valence electrons. The number of hydrogen-bond acceptors (Lipinski definition) is 5. The number of aromatic nitrogens is 1. The van der Waals surface area contributed by atoms with Crippen LogP contribution in [0, 0.1) is 11.6 Å². The topological polar surface area (TPSA) is 79.4 Å². The van der Waals surface area contributed by atoms with Gasteiger partial charge in [0.1, 0.15) is 5.01 Å². The van der Waals surface area contributed by atoms with E-state index in [0.29, 0.717) is 18.2 Å². The predicted molar refractivity (Wildman–Crippen MR) is 126 cm³/mol. The van der Waals surface area contributed by atoms with Crippen molar-refractivity contribution in [2.75, 3.05) is 11.3 Å². The Kier molecular flexibility index (Phi) is 5.78. The maximum absolute atomic E-state index is 13.4. The Morgan fingerprint density at radius 1 is 1.03 bits per heavy atom. The molecule has 0 aliphatic carbocycles. The first-order chi connectivity index (χ1) is 16.3. The highest BCUT2D eigenvalue weighted by Crippen LogP contribution is 2.37. The number of carbonyl (C=O) groups is 1. The van der Waals surface area contributed by atoms with E-state index in [4.69, 9.17) is 4.98 Å². The molecule has 0 radical (unpaired) electrons. The summed E-state index contributed by atoms with van der Waals surface area (Å²) < 4.78 is 54.9. The van der Waals surface area contributed by atoms with Crippen LogP contribution in [0.1, 0.15) is 34.2 Å². The third kappa shape index (κ3) is 4.26. The second-order valence-corrected chi connectivity index (χ2v) is 10.7. The first-order valence-corrected chi connectivity index (χ1v) is 12.9. The normalized spacial score (nSPS) is 16.2. The van der Waals surface area contributed by atoms with E-state index in [1.54, 1.807) is 28.4 Å². The Morgan fingerprint density at radius 3 is 2.53 bits per heavy atom. The van der Waals surface area contributed by atoms with Crippen molar-refractivity contribution in [1.82, 2.24) is 9.88 Å². The van der Waals surface area contributed by atoms with Gasteiger partial charge in [0.15, 0.2) is 11.6 Å². The van der Waals surface area contributed by atoms with Crippen LogP contribution in [-0.4, -0.2) is 30.8 Å². The number of nitrogens with one attached hydrogen (secondary N) is 1. The minimum absolute atomic E-state index is 0.101. The standard InChI is InChI=1S/C24H19F2N3O3S2/c25-18-12-11-17(14-19(18)26)34(31,32)28-16-9-7-15(8-10-16)24(30)29-13-3-5-21(29)23-27-20-4-1-2-6-22(20)33-23/h1-2,4,6-12,14,21,28H,3,5,13H2/t21-/m0/s1. The molecule has 6 nitrogen and oxygen atoms in total. The van der Waals surface area contributed by atoms with Gasteiger partial charge in [-0.3, -0.25) is 9.52 Å². The van der Waals surface area contributed by atoms with Gasteiger partial charge in [0, 0.05) is 17.8 Å². The Balaban J connectivity index is 1.33. The van der Waals surface area contributed by atoms with Gasteiger partial charge in [0.25, 0.3) is 15.9 Å². The lowest BCUT2D eigenvalue weighted by molar-refractivity contribution is 0.0735. The van der Waals surface area contributed by atoms with Crippen molar-refractivity contribution in [3.63, 3.8) is 0 Å². The van der Waals surface area contributed by atoms with Crippen molar-refractivity contribution in [3.05, 3.63) is 88.9 Å². The van der Waals surface area contributed by atoms with Gasteiger partial charge >= 0.3 is 0 Å². The van der Waals surface area contributed by atoms with E-state index in [-0.39, 0.29) is 17.6 Å². The fraction of sp³-hybridized carbons (Fsp3) is 0.167. The van der Waals surface area contributed by atoms with E-state index in [2.05, 4.69) is 4.72 Å². The summed E-state index contributed by atoms with van der Waals surface area (Å²) in [6, 6.07) is 16.1. The second kappa shape index (κ2) is 8.77. The summed E-state index contributed by atoms with van der Waals surface area (Å²) in [4.78, 5) is 19.3. The van der Waals surface area contributed by atoms with E-state index >= 15 is 0 Å². The van der Waals surface area contributed by atoms with Crippen molar-refractivity contribution in [1.29, 1.82) is 0 Å². The molecule has 0 bridgehead atoms. The number of sulfonamides is 1. The maximum Gasteiger partial charge on any atom is 0.261 e. The monoisotopic (exact) mass is 499 g/mol. The van der Waals surface area contributed by atoms with Crippen LogP contribution >= 0.6 is 11.3 Å². The fourth-order valence-electron chi connectivity index (χ4n) is 4.00. The fourth-order valence-corrected chi connectivity index (χ4v) is 6.19. The molecule has 0 spiro atoms. The van der Waals surface area contributed by atoms with Crippen molar-refractivity contribution >= 4 is 43.2 Å². The number of carbonyl (C=O) groups excluding carboxylic acids is 1. The molecule has 1 aliphatic rings. The molecule has 1 fully saturated rings. The third-order valence-electron chi connectivity index (χ3n) is 5.69. The molecule has 0 unspecified atom stereocenters. The minimum atomic E-state index is -4.12. The van der Waals surface area contributed by atoms with Crippen LogP contribution in [0.3, 0.4) is 0 Å². The third-order valence-corrected chi connectivity index (χ3v) is 8.21. The van der Waals surface area contributed by atoms with Crippen LogP contribution < -0.4 is 4.72 Å². The van der Waals surface area contributed by atoms with E-state index in [1.165, 1.54) is 12.1 Å². The molecule has 1 aliphatic heterocycles. The van der Waals surface area contributed by atoms with Gasteiger partial charge in [-0.1, -0.05) is 12.1 Å². The molecule has 2 heterocycles. The van der Waals surface area contributed by atoms with Crippen LogP contribution in [0.4, 0.5) is 14.5 Å². The molecule has 1 amide bonds. The Morgan fingerprint density at radius 2 is 1.79 bits per heavy atom. The number of likely N-dealkylation sites (tertiary alicyclic amines) is 1. The number of hydrogen-bond donors (Lipinski definition) is 1. The van der Waals surface area contributed by atoms with Crippen molar-refractivity contribution in [3.8, 4) is 0 Å². The molecule has 1 saturated heterocycles. The summed E-state index contributed by atoms with van der Waals surface area (Å²) in [6.45, 7) is 0.615. The van der Waals surface area contributed by atoms with Gasteiger partial charge in [0.05, 0.1) is 21.2 Å². The first-order valence-electron chi connectivity index (χ1n) is 10.6. The first kappa shape index (κ1) is 22.4. The highest BCUT2D eigenvalue weighted by Gasteiger charge is 2.32. The lowest BCUT2D eigenvalue weighted by Gasteiger charge is -2.23. The van der Waals surface area contributed by atoms with Gasteiger partial charge in [-0.2, -0.15) is 0 Å². The summed E-state index contributed by atoms with van der Waals surface area (Å²) in [6.07, 6.45) is 1.70. The number of nitrogens with zero attached hydrogens (tertiary/aromatic N) is 2. The zero-order valence-corrected chi connectivity index (χ0v) is 19.4. The van der Waals surface area contributed by atoms with Crippen LogP contribution in [0.25, 0.3) is 10.2 Å². The average Bonchev–Trinajstić information content (AvgIpc) is 3.47. The number of amides is 1. The van der Waals surface area contributed by atoms with Crippen molar-refractivity contribution in [2.45, 2.75) is 23.8 Å². The van der Waals surface area contributed by atoms with E-state index in [0.717, 1.165) is 40.2 Å². The molecule has 1 N–H and O–H groups in total. The Bertz CT molecular complexity index is 1450. The lowest BCUT2D eigenvalue weighted by Crippen LogP contribution is -2.30. The smallest absolute Gasteiger partial charge is 0.261 e. The van der Waals surface area contributed by atoms with E-state index in [9.17, 15) is 22.0 Å². The number of fused-ring (bicyclic) bond motifs is 1. The van der Waals surface area contributed by atoms with Crippen molar-refractivity contribution in [2.24, 2.45) is 0 Å². The molecule has 4 aromatic rings. The van der Waals surface area contributed by atoms with E-state index in [1.807, 2.05) is 24.3 Å². The summed E-state index contributed by atoms with van der Waals surface area (Å²) in [5.41, 5.74) is 1.54. The summed E-state index contributed by atoms with van der Waals surface area (Å²) in [5, 5.41) is 0.906. The van der Waals surface area contributed by atoms with Gasteiger partial charge in [-0.25, -0.2) is 22.2 Å². The minimum Gasteiger partial charge on any atom is -0.329 e. The van der Waals surface area contributed by atoms with Gasteiger partial charge in [-0.05, 0) is 67.4 Å². The molecule has 5 rings (SSSR count). The zero-order chi connectivity index (χ0) is 23.9. The average molecular weight is 500 g/mol. The predicted octanol–water partition coefficient (Wildman–Crippen LogP) is 5.35. The highest BCUT2D eigenvalue weighted by atomic mass is 32.2. The van der Waals surface area contributed by atoms with E-state index < -0.39 is 26.6 Å². The maximum atomic E-state index is 13.4. The molecule has 3 aromatic carbocycles. The molecular weight excluding hydrogens is 480 g/mol. The Hall–Kier alpha value is -3.37. The molecular formula is C24H19F2N3O3S2. The number of anilines is 1. The van der Waals surface area contributed by atoms with Crippen LogP contribution in [0.15, 0.2) is 71.6 Å². The molecule has 34 heavy (non-hydrogen) atoms. The zero-order valence-electron chi connectivity index (χ0n) is 17.7. The summed E-state index contributed by atoms with van der Waals surface area (Å²) >= 11 is 1.59. The largest absolute Gasteiger partial charge is 0.329 e. The lowest BCUT2D eigenvalue weighted by atomic mass is 10.1. The van der Waals surface area contributed by atoms with Crippen LogP contribution in [0.2, 0.25) is 0 Å².